The summed E-state index contributed by atoms with van der Waals surface area (Å²) < 4.78 is 10.5. The summed E-state index contributed by atoms with van der Waals surface area (Å²) in [5.74, 6) is 1.23. The summed E-state index contributed by atoms with van der Waals surface area (Å²) in [5.41, 5.74) is 0.169. The minimum absolute atomic E-state index is 0.465. The lowest BCUT2D eigenvalue weighted by Crippen LogP contribution is -2.30. The van der Waals surface area contributed by atoms with Gasteiger partial charge in [0.2, 0.25) is 0 Å². The zero-order chi connectivity index (χ0) is 13.9. The molecule has 0 aliphatic heterocycles. The van der Waals surface area contributed by atoms with Gasteiger partial charge in [-0.3, -0.25) is 0 Å². The largest absolute Gasteiger partial charge is 0.493 e. The van der Waals surface area contributed by atoms with Gasteiger partial charge in [0, 0.05) is 0 Å². The average Bonchev–Trinajstić information content (AvgIpc) is 2.47. The van der Waals surface area contributed by atoms with Gasteiger partial charge in [0.25, 0.3) is 0 Å². The highest BCUT2D eigenvalue weighted by Gasteiger charge is 2.33. The predicted molar refractivity (Wildman–Crippen MR) is 71.7 cm³/mol. The van der Waals surface area contributed by atoms with Crippen LogP contribution in [0.5, 0.6) is 11.5 Å². The number of aliphatic hydroxyl groups excluding tert-OH is 1. The molecule has 1 aromatic carbocycles. The molecule has 102 valence electrons. The molecule has 0 heterocycles. The lowest BCUT2D eigenvalue weighted by Gasteiger charge is -2.30. The van der Waals surface area contributed by atoms with Crippen LogP contribution in [-0.2, 0) is 10.2 Å². The first-order valence-corrected chi connectivity index (χ1v) is 6.21. The molecule has 4 nitrogen and oxygen atoms in total. The van der Waals surface area contributed by atoms with E-state index in [0.717, 1.165) is 11.8 Å². The number of aldehydes is 1. The Morgan fingerprint density at radius 2 is 2.05 bits per heavy atom. The van der Waals surface area contributed by atoms with Gasteiger partial charge in [-0.1, -0.05) is 18.2 Å². The summed E-state index contributed by atoms with van der Waals surface area (Å²) in [6.45, 7) is 0. The molecule has 0 aromatic heterocycles. The summed E-state index contributed by atoms with van der Waals surface area (Å²) in [6.07, 6.45) is 5.07. The van der Waals surface area contributed by atoms with Crippen LogP contribution in [0, 0.1) is 0 Å². The first-order valence-electron chi connectivity index (χ1n) is 6.21. The molecule has 4 heteroatoms. The van der Waals surface area contributed by atoms with Crippen LogP contribution in [0.1, 0.15) is 18.4 Å². The Balaban J connectivity index is 2.44. The smallest absolute Gasteiger partial charge is 0.161 e. The molecule has 0 saturated carbocycles. The molecule has 1 aliphatic carbocycles. The normalized spacial score (nSPS) is 25.9. The molecule has 2 rings (SSSR count). The third-order valence-electron chi connectivity index (χ3n) is 3.60. The van der Waals surface area contributed by atoms with Gasteiger partial charge in [-0.05, 0) is 30.5 Å². The topological polar surface area (TPSA) is 55.8 Å². The van der Waals surface area contributed by atoms with E-state index in [1.807, 2.05) is 12.1 Å². The number of carbonyl (C=O) groups excluding carboxylic acids is 1. The highest BCUT2D eigenvalue weighted by molar-refractivity contribution is 5.73. The summed E-state index contributed by atoms with van der Waals surface area (Å²) in [4.78, 5) is 11.5. The van der Waals surface area contributed by atoms with E-state index in [-0.39, 0.29) is 0 Å². The summed E-state index contributed by atoms with van der Waals surface area (Å²) in [6, 6.07) is 5.46. The lowest BCUT2D eigenvalue weighted by molar-refractivity contribution is -0.111. The van der Waals surface area contributed by atoms with Crippen LogP contribution in [0.3, 0.4) is 0 Å². The van der Waals surface area contributed by atoms with Crippen molar-refractivity contribution in [3.63, 3.8) is 0 Å². The van der Waals surface area contributed by atoms with Crippen LogP contribution in [0.4, 0.5) is 0 Å². The summed E-state index contributed by atoms with van der Waals surface area (Å²) >= 11 is 0. The number of carbonyl (C=O) groups is 1. The van der Waals surface area contributed by atoms with Crippen molar-refractivity contribution >= 4 is 6.29 Å². The van der Waals surface area contributed by atoms with Crippen molar-refractivity contribution in [2.24, 2.45) is 0 Å². The molecule has 0 unspecified atom stereocenters. The fourth-order valence-electron chi connectivity index (χ4n) is 2.38. The van der Waals surface area contributed by atoms with E-state index in [1.54, 1.807) is 32.4 Å². The second-order valence-corrected chi connectivity index (χ2v) is 4.69. The molecule has 2 atom stereocenters. The molecule has 0 radical (unpaired) electrons. The molecular formula is C15H18O4. The van der Waals surface area contributed by atoms with Gasteiger partial charge in [0.1, 0.15) is 6.29 Å². The molecule has 19 heavy (non-hydrogen) atoms. The lowest BCUT2D eigenvalue weighted by atomic mass is 9.74. The second-order valence-electron chi connectivity index (χ2n) is 4.69. The Morgan fingerprint density at radius 1 is 1.32 bits per heavy atom. The third-order valence-corrected chi connectivity index (χ3v) is 3.60. The quantitative estimate of drug-likeness (QED) is 0.664. The number of allylic oxidation sites excluding steroid dienone is 1. The van der Waals surface area contributed by atoms with Gasteiger partial charge >= 0.3 is 0 Å². The van der Waals surface area contributed by atoms with Crippen molar-refractivity contribution in [1.82, 2.24) is 0 Å². The fraction of sp³-hybridized carbons (Fsp3) is 0.400. The van der Waals surface area contributed by atoms with E-state index in [4.69, 9.17) is 9.47 Å². The highest BCUT2D eigenvalue weighted by atomic mass is 16.5. The van der Waals surface area contributed by atoms with Gasteiger partial charge in [-0.2, -0.15) is 0 Å². The molecule has 0 saturated heterocycles. The minimum Gasteiger partial charge on any atom is -0.493 e. The van der Waals surface area contributed by atoms with Crippen molar-refractivity contribution in [3.05, 3.63) is 35.9 Å². The van der Waals surface area contributed by atoms with Crippen molar-refractivity contribution < 1.29 is 19.4 Å². The Kier molecular flexibility index (Phi) is 3.90. The molecule has 0 amide bonds. The van der Waals surface area contributed by atoms with E-state index in [0.29, 0.717) is 24.3 Å². The van der Waals surface area contributed by atoms with Gasteiger partial charge in [-0.25, -0.2) is 0 Å². The molecule has 0 bridgehead atoms. The highest BCUT2D eigenvalue weighted by Crippen LogP contribution is 2.37. The van der Waals surface area contributed by atoms with Crippen molar-refractivity contribution in [1.29, 1.82) is 0 Å². The number of aliphatic hydroxyl groups is 1. The van der Waals surface area contributed by atoms with Crippen molar-refractivity contribution in [2.75, 3.05) is 14.2 Å². The van der Waals surface area contributed by atoms with E-state index in [9.17, 15) is 9.90 Å². The molecule has 1 N–H and O–H groups in total. The van der Waals surface area contributed by atoms with Crippen LogP contribution in [0.15, 0.2) is 30.4 Å². The zero-order valence-corrected chi connectivity index (χ0v) is 11.1. The van der Waals surface area contributed by atoms with E-state index < -0.39 is 11.5 Å². The molecule has 0 fully saturated rings. The molecule has 1 aromatic rings. The Morgan fingerprint density at radius 3 is 2.58 bits per heavy atom. The number of rotatable bonds is 4. The van der Waals surface area contributed by atoms with E-state index in [1.165, 1.54) is 0 Å². The monoisotopic (exact) mass is 262 g/mol. The van der Waals surface area contributed by atoms with Crippen LogP contribution in [0.25, 0.3) is 0 Å². The number of ether oxygens (including phenoxy) is 2. The Labute approximate surface area is 112 Å². The summed E-state index contributed by atoms with van der Waals surface area (Å²) in [5, 5.41) is 9.52. The minimum atomic E-state index is -0.682. The standard InChI is InChI=1S/C15H18O4/c1-18-13-4-3-11(9-14(13)19-2)15(10-16)7-5-12(17)6-8-15/h3-5,7,9-10,12,17H,6,8H2,1-2H3/t12-,15-/m1/s1. The molecule has 0 spiro atoms. The number of hydrogen-bond donors (Lipinski definition) is 1. The number of hydrogen-bond acceptors (Lipinski definition) is 4. The zero-order valence-electron chi connectivity index (χ0n) is 11.1. The maximum Gasteiger partial charge on any atom is 0.161 e. The third kappa shape index (κ3) is 2.49. The number of methoxy groups -OCH3 is 2. The SMILES string of the molecule is COc1ccc([C@]2(C=O)C=C[C@@H](O)CC2)cc1OC. The predicted octanol–water partition coefficient (Wildman–Crippen LogP) is 1.85. The maximum absolute atomic E-state index is 11.5. The first kappa shape index (κ1) is 13.6. The first-order chi connectivity index (χ1) is 9.15. The van der Waals surface area contributed by atoms with Gasteiger partial charge in [0.15, 0.2) is 11.5 Å². The van der Waals surface area contributed by atoms with Crippen LogP contribution < -0.4 is 9.47 Å². The molecule has 1 aliphatic rings. The molecular weight excluding hydrogens is 244 g/mol. The maximum atomic E-state index is 11.5. The Bertz CT molecular complexity index is 495. The van der Waals surface area contributed by atoms with Crippen molar-refractivity contribution in [3.8, 4) is 11.5 Å². The van der Waals surface area contributed by atoms with Gasteiger partial charge in [-0.15, -0.1) is 0 Å². The van der Waals surface area contributed by atoms with E-state index >= 15 is 0 Å². The van der Waals surface area contributed by atoms with Gasteiger partial charge < -0.3 is 19.4 Å². The van der Waals surface area contributed by atoms with E-state index in [2.05, 4.69) is 0 Å². The number of benzene rings is 1. The Hall–Kier alpha value is -1.81. The van der Waals surface area contributed by atoms with Crippen LogP contribution in [-0.4, -0.2) is 31.7 Å². The average molecular weight is 262 g/mol. The fourth-order valence-corrected chi connectivity index (χ4v) is 2.38. The second kappa shape index (κ2) is 5.45. The van der Waals surface area contributed by atoms with Crippen molar-refractivity contribution in [2.45, 2.75) is 24.4 Å². The van der Waals surface area contributed by atoms with Crippen LogP contribution in [0.2, 0.25) is 0 Å². The summed E-state index contributed by atoms with van der Waals surface area (Å²) in [7, 11) is 3.14. The van der Waals surface area contributed by atoms with Gasteiger partial charge in [0.05, 0.1) is 25.7 Å². The van der Waals surface area contributed by atoms with Crippen LogP contribution >= 0.6 is 0 Å².